The van der Waals surface area contributed by atoms with Crippen LogP contribution < -0.4 is 14.8 Å². The van der Waals surface area contributed by atoms with Crippen molar-refractivity contribution in [2.24, 2.45) is 11.8 Å². The summed E-state index contributed by atoms with van der Waals surface area (Å²) in [6.07, 6.45) is 1.36. The quantitative estimate of drug-likeness (QED) is 0.650. The standard InChI is InChI=1S/C24H32N2O4S/c1-16(2)15-30-20-8-7-19(14-21(20)29-4)17(3)25-23(27)18-9-11-26(12-10-18)24(28)22-6-5-13-31-22/h5-8,13-14,16-18H,9-12,15H2,1-4H3,(H,25,27). The van der Waals surface area contributed by atoms with Gasteiger partial charge in [0.25, 0.3) is 5.91 Å². The molecule has 168 valence electrons. The molecule has 2 aromatic rings. The van der Waals surface area contributed by atoms with Crippen molar-refractivity contribution in [2.45, 2.75) is 39.7 Å². The Kier molecular flexibility index (Phi) is 7.96. The van der Waals surface area contributed by atoms with Crippen LogP contribution in [0.5, 0.6) is 11.5 Å². The van der Waals surface area contributed by atoms with Crippen LogP contribution in [0.3, 0.4) is 0 Å². The number of hydrogen-bond donors (Lipinski definition) is 1. The van der Waals surface area contributed by atoms with Gasteiger partial charge in [0.15, 0.2) is 11.5 Å². The molecule has 2 heterocycles. The minimum atomic E-state index is -0.147. The molecular weight excluding hydrogens is 412 g/mol. The van der Waals surface area contributed by atoms with Crippen molar-refractivity contribution in [1.29, 1.82) is 0 Å². The zero-order chi connectivity index (χ0) is 22.4. The van der Waals surface area contributed by atoms with Gasteiger partial charge in [-0.1, -0.05) is 26.0 Å². The Morgan fingerprint density at radius 2 is 1.90 bits per heavy atom. The van der Waals surface area contributed by atoms with Crippen LogP contribution in [-0.4, -0.2) is 43.5 Å². The first-order valence-electron chi connectivity index (χ1n) is 10.8. The monoisotopic (exact) mass is 444 g/mol. The van der Waals surface area contributed by atoms with Crippen LogP contribution in [0.25, 0.3) is 0 Å². The molecule has 1 fully saturated rings. The summed E-state index contributed by atoms with van der Waals surface area (Å²) in [6.45, 7) is 8.01. The predicted octanol–water partition coefficient (Wildman–Crippen LogP) is 4.52. The molecule has 6 nitrogen and oxygen atoms in total. The summed E-state index contributed by atoms with van der Waals surface area (Å²) in [5, 5.41) is 5.03. The first-order chi connectivity index (χ1) is 14.9. The maximum Gasteiger partial charge on any atom is 0.263 e. The van der Waals surface area contributed by atoms with Crippen LogP contribution in [-0.2, 0) is 4.79 Å². The number of rotatable bonds is 8. The van der Waals surface area contributed by atoms with Gasteiger partial charge in [0.2, 0.25) is 5.91 Å². The second-order valence-electron chi connectivity index (χ2n) is 8.39. The predicted molar refractivity (Wildman–Crippen MR) is 123 cm³/mol. The molecule has 1 aliphatic heterocycles. The van der Waals surface area contributed by atoms with Crippen LogP contribution >= 0.6 is 11.3 Å². The topological polar surface area (TPSA) is 67.9 Å². The Morgan fingerprint density at radius 3 is 2.52 bits per heavy atom. The number of nitrogens with zero attached hydrogens (tertiary/aromatic N) is 1. The zero-order valence-electron chi connectivity index (χ0n) is 18.7. The van der Waals surface area contributed by atoms with Gasteiger partial charge in [-0.3, -0.25) is 9.59 Å². The molecule has 3 rings (SSSR count). The van der Waals surface area contributed by atoms with Crippen LogP contribution in [0.2, 0.25) is 0 Å². The van der Waals surface area contributed by atoms with E-state index in [0.29, 0.717) is 50.0 Å². The van der Waals surface area contributed by atoms with E-state index in [1.54, 1.807) is 7.11 Å². The van der Waals surface area contributed by atoms with Gasteiger partial charge in [0.05, 0.1) is 24.6 Å². The van der Waals surface area contributed by atoms with Gasteiger partial charge >= 0.3 is 0 Å². The van der Waals surface area contributed by atoms with E-state index in [0.717, 1.165) is 10.4 Å². The highest BCUT2D eigenvalue weighted by Crippen LogP contribution is 2.31. The molecule has 1 saturated heterocycles. The minimum absolute atomic E-state index is 0.0369. The second-order valence-corrected chi connectivity index (χ2v) is 9.34. The molecule has 1 aliphatic rings. The first kappa shape index (κ1) is 23.1. The van der Waals surface area contributed by atoms with Crippen LogP contribution in [0.1, 0.15) is 54.9 Å². The fourth-order valence-corrected chi connectivity index (χ4v) is 4.34. The largest absolute Gasteiger partial charge is 0.493 e. The lowest BCUT2D eigenvalue weighted by Crippen LogP contribution is -2.43. The van der Waals surface area contributed by atoms with Crippen LogP contribution in [0, 0.1) is 11.8 Å². The summed E-state index contributed by atoms with van der Waals surface area (Å²) in [4.78, 5) is 27.9. The molecule has 1 unspecified atom stereocenters. The molecule has 0 bridgehead atoms. The summed E-state index contributed by atoms with van der Waals surface area (Å²) in [7, 11) is 1.62. The van der Waals surface area contributed by atoms with Crippen molar-refractivity contribution in [2.75, 3.05) is 26.8 Å². The Bertz CT molecular complexity index is 874. The van der Waals surface area contributed by atoms with E-state index in [1.165, 1.54) is 11.3 Å². The number of ether oxygens (including phenoxy) is 2. The zero-order valence-corrected chi connectivity index (χ0v) is 19.5. The maximum atomic E-state index is 12.8. The molecule has 0 spiro atoms. The third-order valence-corrected chi connectivity index (χ3v) is 6.36. The summed E-state index contributed by atoms with van der Waals surface area (Å²) in [6, 6.07) is 9.37. The lowest BCUT2D eigenvalue weighted by molar-refractivity contribution is -0.127. The summed E-state index contributed by atoms with van der Waals surface area (Å²) >= 11 is 1.46. The number of carbonyl (C=O) groups is 2. The number of likely N-dealkylation sites (tertiary alicyclic amines) is 1. The highest BCUT2D eigenvalue weighted by atomic mass is 32.1. The molecule has 1 atom stereocenters. The molecule has 1 aromatic carbocycles. The van der Waals surface area contributed by atoms with E-state index in [4.69, 9.17) is 9.47 Å². The summed E-state index contributed by atoms with van der Waals surface area (Å²) in [5.41, 5.74) is 0.965. The SMILES string of the molecule is COc1cc(C(C)NC(=O)C2CCN(C(=O)c3cccs3)CC2)ccc1OCC(C)C. The summed E-state index contributed by atoms with van der Waals surface area (Å²) < 4.78 is 11.3. The fourth-order valence-electron chi connectivity index (χ4n) is 3.64. The Balaban J connectivity index is 1.54. The van der Waals surface area contributed by atoms with E-state index < -0.39 is 0 Å². The van der Waals surface area contributed by atoms with Crippen LogP contribution in [0.4, 0.5) is 0 Å². The summed E-state index contributed by atoms with van der Waals surface area (Å²) in [5.74, 6) is 1.82. The van der Waals surface area contributed by atoms with Crippen molar-refractivity contribution in [1.82, 2.24) is 10.2 Å². The van der Waals surface area contributed by atoms with Gasteiger partial charge < -0.3 is 19.7 Å². The minimum Gasteiger partial charge on any atom is -0.493 e. The average molecular weight is 445 g/mol. The average Bonchev–Trinajstić information content (AvgIpc) is 3.32. The van der Waals surface area contributed by atoms with Gasteiger partial charge in [-0.25, -0.2) is 0 Å². The van der Waals surface area contributed by atoms with Crippen molar-refractivity contribution < 1.29 is 19.1 Å². The number of amides is 2. The molecule has 0 saturated carbocycles. The lowest BCUT2D eigenvalue weighted by Gasteiger charge is -2.31. The lowest BCUT2D eigenvalue weighted by atomic mass is 9.95. The highest BCUT2D eigenvalue weighted by Gasteiger charge is 2.29. The molecule has 7 heteroatoms. The number of piperidine rings is 1. The molecule has 31 heavy (non-hydrogen) atoms. The number of benzene rings is 1. The molecule has 1 aromatic heterocycles. The third-order valence-electron chi connectivity index (χ3n) is 5.50. The van der Waals surface area contributed by atoms with E-state index in [1.807, 2.05) is 47.5 Å². The molecule has 0 aliphatic carbocycles. The number of nitrogens with one attached hydrogen (secondary N) is 1. The van der Waals surface area contributed by atoms with Gasteiger partial charge in [-0.15, -0.1) is 11.3 Å². The first-order valence-corrected chi connectivity index (χ1v) is 11.7. The second kappa shape index (κ2) is 10.7. The smallest absolute Gasteiger partial charge is 0.263 e. The maximum absolute atomic E-state index is 12.8. The van der Waals surface area contributed by atoms with Crippen molar-refractivity contribution in [3.63, 3.8) is 0 Å². The normalized spacial score (nSPS) is 15.6. The van der Waals surface area contributed by atoms with Gasteiger partial charge in [-0.2, -0.15) is 0 Å². The Morgan fingerprint density at radius 1 is 1.16 bits per heavy atom. The molecule has 1 N–H and O–H groups in total. The highest BCUT2D eigenvalue weighted by molar-refractivity contribution is 7.12. The Hall–Kier alpha value is -2.54. The van der Waals surface area contributed by atoms with E-state index in [-0.39, 0.29) is 23.8 Å². The number of thiophene rings is 1. The molecule has 0 radical (unpaired) electrons. The van der Waals surface area contributed by atoms with E-state index in [2.05, 4.69) is 19.2 Å². The Labute approximate surface area is 188 Å². The van der Waals surface area contributed by atoms with Gasteiger partial charge in [-0.05, 0) is 54.8 Å². The van der Waals surface area contributed by atoms with Crippen molar-refractivity contribution in [3.8, 4) is 11.5 Å². The third kappa shape index (κ3) is 6.00. The van der Waals surface area contributed by atoms with Crippen molar-refractivity contribution in [3.05, 3.63) is 46.2 Å². The van der Waals surface area contributed by atoms with E-state index in [9.17, 15) is 9.59 Å². The molecular formula is C24H32N2O4S. The number of carbonyl (C=O) groups excluding carboxylic acids is 2. The van der Waals surface area contributed by atoms with E-state index >= 15 is 0 Å². The molecule has 2 amide bonds. The van der Waals surface area contributed by atoms with Crippen LogP contribution in [0.15, 0.2) is 35.7 Å². The van der Waals surface area contributed by atoms with Crippen molar-refractivity contribution >= 4 is 23.2 Å². The fraction of sp³-hybridized carbons (Fsp3) is 0.500. The number of hydrogen-bond acceptors (Lipinski definition) is 5. The number of methoxy groups -OCH3 is 1. The van der Waals surface area contributed by atoms with Gasteiger partial charge in [0.1, 0.15) is 0 Å². The van der Waals surface area contributed by atoms with Gasteiger partial charge in [0, 0.05) is 19.0 Å².